The Balaban J connectivity index is 1.74. The van der Waals surface area contributed by atoms with Crippen LogP contribution in [0.25, 0.3) is 10.9 Å². The summed E-state index contributed by atoms with van der Waals surface area (Å²) in [7, 11) is 0. The fourth-order valence-electron chi connectivity index (χ4n) is 4.57. The monoisotopic (exact) mass is 558 g/mol. The van der Waals surface area contributed by atoms with Crippen molar-refractivity contribution in [1.29, 1.82) is 0 Å². The van der Waals surface area contributed by atoms with Gasteiger partial charge in [0, 0.05) is 12.8 Å². The van der Waals surface area contributed by atoms with Crippen LogP contribution in [0.1, 0.15) is 24.1 Å². The van der Waals surface area contributed by atoms with Crippen LogP contribution < -0.4 is 21.9 Å². The van der Waals surface area contributed by atoms with Crippen LogP contribution in [-0.2, 0) is 27.2 Å². The lowest BCUT2D eigenvalue weighted by atomic mass is 10.0. The Morgan fingerprint density at radius 2 is 1.37 bits per heavy atom. The number of aliphatic hydroxyl groups is 1. The summed E-state index contributed by atoms with van der Waals surface area (Å²) in [5.41, 5.74) is 0.170. The van der Waals surface area contributed by atoms with Crippen molar-refractivity contribution < 1.29 is 24.6 Å². The van der Waals surface area contributed by atoms with Crippen LogP contribution in [0.2, 0.25) is 0 Å². The Kier molecular flexibility index (Phi) is 9.10. The summed E-state index contributed by atoms with van der Waals surface area (Å²) in [6, 6.07) is 19.7. The Morgan fingerprint density at radius 1 is 0.805 bits per heavy atom. The summed E-state index contributed by atoms with van der Waals surface area (Å²) in [6.07, 6.45) is -1.48. The first-order valence-corrected chi connectivity index (χ1v) is 13.0. The molecule has 0 radical (unpaired) electrons. The minimum absolute atomic E-state index is 0.0222. The summed E-state index contributed by atoms with van der Waals surface area (Å²) in [6.45, 7) is 1.22. The molecule has 1 heterocycles. The van der Waals surface area contributed by atoms with E-state index >= 15 is 0 Å². The molecule has 3 aromatic carbocycles. The molecule has 11 heteroatoms. The molecule has 0 aliphatic carbocycles. The van der Waals surface area contributed by atoms with Crippen LogP contribution in [0.5, 0.6) is 0 Å². The highest BCUT2D eigenvalue weighted by Gasteiger charge is 2.32. The van der Waals surface area contributed by atoms with E-state index in [-0.39, 0.29) is 18.2 Å². The minimum Gasteiger partial charge on any atom is -0.480 e. The number of carbonyl (C=O) groups excluding carboxylic acids is 2. The number of carboxylic acids is 1. The molecular formula is C30H30N4O7. The lowest BCUT2D eigenvalue weighted by molar-refractivity contribution is -0.145. The Bertz CT molecular complexity index is 1650. The number of aromatic nitrogens is 2. The number of hydrogen-bond donors (Lipinski definition) is 5. The molecule has 5 N–H and O–H groups in total. The standard InChI is InChI=1S/C30H30N4O7/c1-18(35)25(29(39)40)33-26(36)23(16-19-10-4-2-5-11-19)31-27(37)24(17-20-12-6-3-7-13-20)34-28(38)21-14-8-9-15-22(21)32-30(34)41/h2-15,18,23-25,35H,16-17H2,1H3,(H,31,37)(H,32,41)(H,33,36)(H,39,40)/t18-,23-,24-,25-/m0/s1. The van der Waals surface area contributed by atoms with E-state index in [1.807, 2.05) is 0 Å². The average Bonchev–Trinajstić information content (AvgIpc) is 2.95. The summed E-state index contributed by atoms with van der Waals surface area (Å²) in [5, 5.41) is 24.4. The highest BCUT2D eigenvalue weighted by Crippen LogP contribution is 2.15. The number of fused-ring (bicyclic) bond motifs is 1. The van der Waals surface area contributed by atoms with Crippen molar-refractivity contribution in [1.82, 2.24) is 20.2 Å². The topological polar surface area (TPSA) is 171 Å². The molecule has 212 valence electrons. The molecule has 0 bridgehead atoms. The van der Waals surface area contributed by atoms with Gasteiger partial charge < -0.3 is 25.8 Å². The van der Waals surface area contributed by atoms with E-state index in [1.165, 1.54) is 13.0 Å². The maximum Gasteiger partial charge on any atom is 0.329 e. The second-order valence-corrected chi connectivity index (χ2v) is 9.67. The number of aromatic amines is 1. The normalized spacial score (nSPS) is 14.0. The van der Waals surface area contributed by atoms with E-state index in [4.69, 9.17) is 0 Å². The lowest BCUT2D eigenvalue weighted by Gasteiger charge is -2.25. The van der Waals surface area contributed by atoms with Gasteiger partial charge >= 0.3 is 11.7 Å². The zero-order valence-corrected chi connectivity index (χ0v) is 22.2. The summed E-state index contributed by atoms with van der Waals surface area (Å²) >= 11 is 0. The van der Waals surface area contributed by atoms with Gasteiger partial charge in [-0.3, -0.25) is 14.4 Å². The number of H-pyrrole nitrogens is 1. The molecule has 0 spiro atoms. The molecule has 0 fully saturated rings. The summed E-state index contributed by atoms with van der Waals surface area (Å²) in [4.78, 5) is 68.1. The number of para-hydroxylation sites is 1. The van der Waals surface area contributed by atoms with Crippen LogP contribution >= 0.6 is 0 Å². The molecule has 4 aromatic rings. The van der Waals surface area contributed by atoms with E-state index < -0.39 is 53.3 Å². The third-order valence-electron chi connectivity index (χ3n) is 6.68. The Morgan fingerprint density at radius 3 is 1.95 bits per heavy atom. The predicted molar refractivity (Wildman–Crippen MR) is 151 cm³/mol. The molecule has 0 saturated heterocycles. The van der Waals surface area contributed by atoms with Gasteiger partial charge in [-0.15, -0.1) is 0 Å². The van der Waals surface area contributed by atoms with Crippen molar-refractivity contribution >= 4 is 28.7 Å². The van der Waals surface area contributed by atoms with Crippen LogP contribution in [0.3, 0.4) is 0 Å². The number of carbonyl (C=O) groups is 3. The van der Waals surface area contributed by atoms with Gasteiger partial charge in [0.25, 0.3) is 5.56 Å². The van der Waals surface area contributed by atoms with Gasteiger partial charge in [-0.2, -0.15) is 0 Å². The molecule has 0 unspecified atom stereocenters. The SMILES string of the molecule is C[C@H](O)[C@H](NC(=O)[C@H](Cc1ccccc1)NC(=O)[C@H](Cc1ccccc1)n1c(=O)[nH]c2ccccc2c1=O)C(=O)O. The van der Waals surface area contributed by atoms with Crippen LogP contribution in [-0.4, -0.2) is 55.7 Å². The number of nitrogens with one attached hydrogen (secondary N) is 3. The van der Waals surface area contributed by atoms with Crippen molar-refractivity contribution in [3.8, 4) is 0 Å². The van der Waals surface area contributed by atoms with Gasteiger partial charge in [0.2, 0.25) is 11.8 Å². The number of rotatable bonds is 11. The van der Waals surface area contributed by atoms with Gasteiger partial charge in [0.05, 0.1) is 17.0 Å². The predicted octanol–water partition coefficient (Wildman–Crippen LogP) is 1.15. The fourth-order valence-corrected chi connectivity index (χ4v) is 4.57. The van der Waals surface area contributed by atoms with E-state index in [2.05, 4.69) is 15.6 Å². The smallest absolute Gasteiger partial charge is 0.329 e. The first-order valence-electron chi connectivity index (χ1n) is 13.0. The van der Waals surface area contributed by atoms with Gasteiger partial charge in [-0.25, -0.2) is 14.2 Å². The fraction of sp³-hybridized carbons (Fsp3) is 0.233. The van der Waals surface area contributed by atoms with Gasteiger partial charge in [-0.1, -0.05) is 72.8 Å². The van der Waals surface area contributed by atoms with E-state index in [1.54, 1.807) is 78.9 Å². The number of aliphatic carboxylic acids is 1. The third-order valence-corrected chi connectivity index (χ3v) is 6.68. The number of hydrogen-bond acceptors (Lipinski definition) is 6. The summed E-state index contributed by atoms with van der Waals surface area (Å²) in [5.74, 6) is -3.10. The van der Waals surface area contributed by atoms with Gasteiger partial charge in [0.1, 0.15) is 12.1 Å². The van der Waals surface area contributed by atoms with Crippen molar-refractivity contribution in [2.24, 2.45) is 0 Å². The highest BCUT2D eigenvalue weighted by atomic mass is 16.4. The lowest BCUT2D eigenvalue weighted by Crippen LogP contribution is -2.57. The zero-order chi connectivity index (χ0) is 29.5. The quantitative estimate of drug-likeness (QED) is 0.184. The third kappa shape index (κ3) is 6.95. The second-order valence-electron chi connectivity index (χ2n) is 9.67. The van der Waals surface area contributed by atoms with Crippen LogP contribution in [0.4, 0.5) is 0 Å². The largest absolute Gasteiger partial charge is 0.480 e. The van der Waals surface area contributed by atoms with E-state index in [0.29, 0.717) is 16.6 Å². The van der Waals surface area contributed by atoms with Crippen molar-refractivity contribution in [3.05, 3.63) is 117 Å². The van der Waals surface area contributed by atoms with E-state index in [9.17, 15) is 34.2 Å². The number of carboxylic acid groups (broad SMARTS) is 1. The first kappa shape index (κ1) is 29.0. The highest BCUT2D eigenvalue weighted by molar-refractivity contribution is 5.92. The molecule has 1 aromatic heterocycles. The molecule has 4 rings (SSSR count). The van der Waals surface area contributed by atoms with Crippen molar-refractivity contribution in [2.45, 2.75) is 44.0 Å². The van der Waals surface area contributed by atoms with Crippen LogP contribution in [0.15, 0.2) is 94.5 Å². The molecule has 4 atom stereocenters. The minimum atomic E-state index is -1.62. The molecule has 0 aliphatic heterocycles. The Hall–Kier alpha value is -5.03. The van der Waals surface area contributed by atoms with Crippen molar-refractivity contribution in [3.63, 3.8) is 0 Å². The Labute approximate surface area is 234 Å². The van der Waals surface area contributed by atoms with E-state index in [0.717, 1.165) is 4.57 Å². The van der Waals surface area contributed by atoms with Gasteiger partial charge in [0.15, 0.2) is 6.04 Å². The van der Waals surface area contributed by atoms with Crippen LogP contribution in [0, 0.1) is 0 Å². The van der Waals surface area contributed by atoms with Crippen molar-refractivity contribution in [2.75, 3.05) is 0 Å². The average molecular weight is 559 g/mol. The second kappa shape index (κ2) is 12.9. The van der Waals surface area contributed by atoms with Gasteiger partial charge in [-0.05, 0) is 30.2 Å². The number of nitrogens with zero attached hydrogens (tertiary/aromatic N) is 1. The molecule has 11 nitrogen and oxygen atoms in total. The molecular weight excluding hydrogens is 528 g/mol. The molecule has 0 aliphatic rings. The number of benzene rings is 3. The maximum absolute atomic E-state index is 13.9. The molecule has 2 amide bonds. The molecule has 0 saturated carbocycles. The zero-order valence-electron chi connectivity index (χ0n) is 22.2. The number of amides is 2. The number of aliphatic hydroxyl groups excluding tert-OH is 1. The molecule has 41 heavy (non-hydrogen) atoms. The first-order chi connectivity index (χ1) is 19.7. The summed E-state index contributed by atoms with van der Waals surface area (Å²) < 4.78 is 0.831. The maximum atomic E-state index is 13.9.